The molecule has 0 aromatic carbocycles. The van der Waals surface area contributed by atoms with Gasteiger partial charge in [0.1, 0.15) is 11.0 Å². The van der Waals surface area contributed by atoms with E-state index in [-0.39, 0.29) is 10.8 Å². The van der Waals surface area contributed by atoms with Crippen molar-refractivity contribution in [1.82, 2.24) is 9.97 Å². The Labute approximate surface area is 111 Å². The fourth-order valence-electron chi connectivity index (χ4n) is 1.25. The van der Waals surface area contributed by atoms with E-state index in [1.165, 1.54) is 0 Å². The second kappa shape index (κ2) is 4.26. The number of halogens is 2. The van der Waals surface area contributed by atoms with Gasteiger partial charge in [0.25, 0.3) is 0 Å². The molecule has 16 heavy (non-hydrogen) atoms. The SMILES string of the molecule is CC(C)(C)c1nc(Cl)c(Br)c(C(C)(C)C)n1. The van der Waals surface area contributed by atoms with Gasteiger partial charge in [0.15, 0.2) is 0 Å². The maximum absolute atomic E-state index is 6.13. The zero-order valence-corrected chi connectivity index (χ0v) is 13.0. The monoisotopic (exact) mass is 304 g/mol. The molecule has 1 aromatic heterocycles. The third-order valence-electron chi connectivity index (χ3n) is 2.19. The van der Waals surface area contributed by atoms with Gasteiger partial charge in [0, 0.05) is 10.8 Å². The number of aromatic nitrogens is 2. The van der Waals surface area contributed by atoms with Gasteiger partial charge in [-0.1, -0.05) is 53.1 Å². The third-order valence-corrected chi connectivity index (χ3v) is 3.44. The molecule has 0 saturated carbocycles. The molecule has 0 radical (unpaired) electrons. The first-order chi connectivity index (χ1) is 7.03. The van der Waals surface area contributed by atoms with Gasteiger partial charge in [-0.05, 0) is 15.9 Å². The maximum atomic E-state index is 6.13. The van der Waals surface area contributed by atoms with E-state index in [0.29, 0.717) is 5.15 Å². The van der Waals surface area contributed by atoms with Gasteiger partial charge in [-0.15, -0.1) is 0 Å². The molecule has 0 aliphatic carbocycles. The smallest absolute Gasteiger partial charge is 0.147 e. The topological polar surface area (TPSA) is 25.8 Å². The zero-order valence-electron chi connectivity index (χ0n) is 10.7. The molecule has 0 bridgehead atoms. The van der Waals surface area contributed by atoms with Crippen LogP contribution in [0, 0.1) is 0 Å². The van der Waals surface area contributed by atoms with E-state index in [1.54, 1.807) is 0 Å². The highest BCUT2D eigenvalue weighted by Gasteiger charge is 2.26. The summed E-state index contributed by atoms with van der Waals surface area (Å²) in [5, 5.41) is 0.491. The molecule has 0 atom stereocenters. The van der Waals surface area contributed by atoms with Crippen molar-refractivity contribution in [2.75, 3.05) is 0 Å². The second-order valence-electron chi connectivity index (χ2n) is 6.00. The van der Waals surface area contributed by atoms with E-state index >= 15 is 0 Å². The van der Waals surface area contributed by atoms with Crippen LogP contribution in [-0.4, -0.2) is 9.97 Å². The summed E-state index contributed by atoms with van der Waals surface area (Å²) < 4.78 is 0.801. The van der Waals surface area contributed by atoms with E-state index in [0.717, 1.165) is 16.0 Å². The molecular weight excluding hydrogens is 288 g/mol. The van der Waals surface area contributed by atoms with Crippen LogP contribution in [0.2, 0.25) is 5.15 Å². The lowest BCUT2D eigenvalue weighted by Gasteiger charge is -2.24. The summed E-state index contributed by atoms with van der Waals surface area (Å²) in [6.07, 6.45) is 0. The Morgan fingerprint density at radius 2 is 1.44 bits per heavy atom. The fourth-order valence-corrected chi connectivity index (χ4v) is 2.19. The van der Waals surface area contributed by atoms with Crippen molar-refractivity contribution in [2.24, 2.45) is 0 Å². The summed E-state index contributed by atoms with van der Waals surface area (Å²) in [6.45, 7) is 12.6. The van der Waals surface area contributed by atoms with Crippen LogP contribution < -0.4 is 0 Å². The number of hydrogen-bond donors (Lipinski definition) is 0. The maximum Gasteiger partial charge on any atom is 0.147 e. The van der Waals surface area contributed by atoms with E-state index in [1.807, 2.05) is 0 Å². The van der Waals surface area contributed by atoms with E-state index in [4.69, 9.17) is 11.6 Å². The Morgan fingerprint density at radius 3 is 1.81 bits per heavy atom. The lowest BCUT2D eigenvalue weighted by Crippen LogP contribution is -2.22. The fraction of sp³-hybridized carbons (Fsp3) is 0.667. The highest BCUT2D eigenvalue weighted by molar-refractivity contribution is 9.10. The molecule has 0 amide bonds. The highest BCUT2D eigenvalue weighted by Crippen LogP contribution is 2.34. The summed E-state index contributed by atoms with van der Waals surface area (Å²) in [5.74, 6) is 0.783. The Morgan fingerprint density at radius 1 is 0.938 bits per heavy atom. The number of hydrogen-bond acceptors (Lipinski definition) is 2. The van der Waals surface area contributed by atoms with Gasteiger partial charge >= 0.3 is 0 Å². The predicted octanol–water partition coefficient (Wildman–Crippen LogP) is 4.49. The second-order valence-corrected chi connectivity index (χ2v) is 7.15. The molecule has 0 aliphatic rings. The van der Waals surface area contributed by atoms with Gasteiger partial charge in [-0.25, -0.2) is 9.97 Å². The first-order valence-corrected chi connectivity index (χ1v) is 6.44. The van der Waals surface area contributed by atoms with Crippen LogP contribution in [0.5, 0.6) is 0 Å². The molecule has 2 nitrogen and oxygen atoms in total. The molecular formula is C12H18BrClN2. The third kappa shape index (κ3) is 2.95. The summed E-state index contributed by atoms with van der Waals surface area (Å²) in [5.41, 5.74) is 0.813. The van der Waals surface area contributed by atoms with Crippen molar-refractivity contribution >= 4 is 27.5 Å². The number of rotatable bonds is 0. The van der Waals surface area contributed by atoms with Crippen molar-refractivity contribution in [3.8, 4) is 0 Å². The van der Waals surface area contributed by atoms with Crippen LogP contribution in [0.15, 0.2) is 4.47 Å². The molecule has 4 heteroatoms. The van der Waals surface area contributed by atoms with Crippen LogP contribution in [0.3, 0.4) is 0 Å². The minimum absolute atomic E-state index is 0.0502. The molecule has 90 valence electrons. The van der Waals surface area contributed by atoms with Gasteiger partial charge < -0.3 is 0 Å². The summed E-state index contributed by atoms with van der Waals surface area (Å²) in [4.78, 5) is 8.96. The van der Waals surface area contributed by atoms with Crippen LogP contribution >= 0.6 is 27.5 Å². The lowest BCUT2D eigenvalue weighted by atomic mass is 9.90. The van der Waals surface area contributed by atoms with Crippen LogP contribution in [0.4, 0.5) is 0 Å². The highest BCUT2D eigenvalue weighted by atomic mass is 79.9. The van der Waals surface area contributed by atoms with Crippen molar-refractivity contribution < 1.29 is 0 Å². The van der Waals surface area contributed by atoms with Gasteiger partial charge in [0.05, 0.1) is 10.2 Å². The molecule has 0 unspecified atom stereocenters. The quantitative estimate of drug-likeness (QED) is 0.660. The first-order valence-electron chi connectivity index (χ1n) is 5.27. The molecule has 1 heterocycles. The number of nitrogens with zero attached hydrogens (tertiary/aromatic N) is 2. The minimum Gasteiger partial charge on any atom is -0.236 e. The van der Waals surface area contributed by atoms with Gasteiger partial charge in [0.2, 0.25) is 0 Å². The van der Waals surface area contributed by atoms with Gasteiger partial charge in [-0.3, -0.25) is 0 Å². The van der Waals surface area contributed by atoms with E-state index in [2.05, 4.69) is 67.4 Å². The molecule has 0 N–H and O–H groups in total. The minimum atomic E-state index is -0.0929. The Kier molecular flexibility index (Phi) is 3.71. The van der Waals surface area contributed by atoms with Crippen molar-refractivity contribution in [3.63, 3.8) is 0 Å². The lowest BCUT2D eigenvalue weighted by molar-refractivity contribution is 0.511. The first kappa shape index (κ1) is 13.9. The van der Waals surface area contributed by atoms with Crippen molar-refractivity contribution in [1.29, 1.82) is 0 Å². The standard InChI is InChI=1S/C12H18BrClN2/c1-11(2,3)8-7(13)9(14)16-10(15-8)12(4,5)6/h1-6H3. The molecule has 1 rings (SSSR count). The van der Waals surface area contributed by atoms with Crippen LogP contribution in [0.1, 0.15) is 53.1 Å². The summed E-state index contributed by atoms with van der Waals surface area (Å²) >= 11 is 9.59. The molecule has 0 spiro atoms. The molecule has 0 fully saturated rings. The average molecular weight is 306 g/mol. The molecule has 1 aromatic rings. The van der Waals surface area contributed by atoms with Gasteiger partial charge in [-0.2, -0.15) is 0 Å². The molecule has 0 aliphatic heterocycles. The van der Waals surface area contributed by atoms with Crippen molar-refractivity contribution in [3.05, 3.63) is 21.1 Å². The Bertz CT molecular complexity index is 403. The average Bonchev–Trinajstić information content (AvgIpc) is 2.05. The Balaban J connectivity index is 3.46. The summed E-state index contributed by atoms with van der Waals surface area (Å²) in [6, 6.07) is 0. The van der Waals surface area contributed by atoms with E-state index < -0.39 is 0 Å². The zero-order chi connectivity index (χ0) is 12.7. The van der Waals surface area contributed by atoms with Crippen molar-refractivity contribution in [2.45, 2.75) is 52.4 Å². The molecule has 0 saturated heterocycles. The largest absolute Gasteiger partial charge is 0.236 e. The normalized spacial score (nSPS) is 13.0. The summed E-state index contributed by atoms with van der Waals surface area (Å²) in [7, 11) is 0. The van der Waals surface area contributed by atoms with E-state index in [9.17, 15) is 0 Å². The Hall–Kier alpha value is -0.150. The van der Waals surface area contributed by atoms with Crippen LogP contribution in [0.25, 0.3) is 0 Å². The van der Waals surface area contributed by atoms with Crippen LogP contribution in [-0.2, 0) is 10.8 Å². The predicted molar refractivity (Wildman–Crippen MR) is 72.1 cm³/mol.